The summed E-state index contributed by atoms with van der Waals surface area (Å²) in [5.74, 6) is -1.57. The average molecular weight is 902 g/mol. The number of nitrogens with zero attached hydrogens (tertiary/aromatic N) is 2. The van der Waals surface area contributed by atoms with Crippen molar-refractivity contribution in [2.75, 3.05) is 33.5 Å². The molecule has 1 saturated carbocycles. The molecule has 7 atom stereocenters. The van der Waals surface area contributed by atoms with Crippen LogP contribution in [0.25, 0.3) is 10.8 Å². The second kappa shape index (κ2) is 22.2. The van der Waals surface area contributed by atoms with E-state index in [0.717, 1.165) is 71.6 Å². The second-order valence-electron chi connectivity index (χ2n) is 17.6. The fourth-order valence-electron chi connectivity index (χ4n) is 10.6. The maximum absolute atomic E-state index is 14.5. The second-order valence-corrected chi connectivity index (χ2v) is 17.6. The van der Waals surface area contributed by atoms with Gasteiger partial charge in [0.05, 0.1) is 38.5 Å². The molecule has 3 N–H and O–H groups in total. The summed E-state index contributed by atoms with van der Waals surface area (Å²) in [6, 6.07) is 28.4. The molecule has 2 fully saturated rings. The molecule has 8 rings (SSSR count). The van der Waals surface area contributed by atoms with Crippen molar-refractivity contribution in [3.63, 3.8) is 0 Å². The number of carbonyl (C=O) groups is 2. The number of aliphatic hydroxyl groups excluding tert-OH is 2. The van der Waals surface area contributed by atoms with Crippen molar-refractivity contribution in [2.45, 2.75) is 101 Å². The van der Waals surface area contributed by atoms with E-state index in [1.54, 1.807) is 17.0 Å². The van der Waals surface area contributed by atoms with E-state index in [4.69, 9.17) is 33.7 Å². The summed E-state index contributed by atoms with van der Waals surface area (Å²) in [5, 5.41) is 29.9. The molecule has 1 saturated heterocycles. The first kappa shape index (κ1) is 46.8. The molecule has 0 radical (unpaired) electrons. The number of hydrogen-bond acceptors (Lipinski definition) is 11. The number of methoxy groups -OCH3 is 1. The maximum Gasteiger partial charge on any atom is 0.412 e. The molecule has 2 amide bonds. The smallest absolute Gasteiger partial charge is 0.412 e. The number of benzene rings is 4. The van der Waals surface area contributed by atoms with E-state index in [0.29, 0.717) is 49.6 Å². The van der Waals surface area contributed by atoms with Gasteiger partial charge in [-0.05, 0) is 96.0 Å². The molecule has 13 heteroatoms. The molecule has 4 aliphatic rings. The number of hydrogen-bond donors (Lipinski definition) is 3. The van der Waals surface area contributed by atoms with Crippen LogP contribution in [0.4, 0.5) is 9.59 Å². The lowest BCUT2D eigenvalue weighted by atomic mass is 9.55. The van der Waals surface area contributed by atoms with Gasteiger partial charge in [-0.2, -0.15) is 0 Å². The highest BCUT2D eigenvalue weighted by Gasteiger charge is 2.65. The van der Waals surface area contributed by atoms with E-state index in [-0.39, 0.29) is 50.5 Å². The van der Waals surface area contributed by atoms with Crippen molar-refractivity contribution in [1.82, 2.24) is 10.2 Å². The third-order valence-corrected chi connectivity index (χ3v) is 13.6. The Morgan fingerprint density at radius 2 is 1.74 bits per heavy atom. The van der Waals surface area contributed by atoms with Crippen molar-refractivity contribution in [3.05, 3.63) is 132 Å². The Bertz CT molecular complexity index is 2340. The summed E-state index contributed by atoms with van der Waals surface area (Å²) in [7, 11) is 1.38. The number of rotatable bonds is 19. The summed E-state index contributed by atoms with van der Waals surface area (Å²) >= 11 is 0. The molecule has 0 aromatic heterocycles. The maximum atomic E-state index is 14.5. The summed E-state index contributed by atoms with van der Waals surface area (Å²) in [4.78, 5) is 35.9. The van der Waals surface area contributed by atoms with Gasteiger partial charge in [-0.1, -0.05) is 103 Å². The minimum atomic E-state index is -1.52. The molecule has 0 bridgehead atoms. The van der Waals surface area contributed by atoms with E-state index in [1.807, 2.05) is 66.7 Å². The van der Waals surface area contributed by atoms with Crippen molar-refractivity contribution in [3.8, 4) is 11.5 Å². The molecule has 7 unspecified atom stereocenters. The van der Waals surface area contributed by atoms with Gasteiger partial charge in [0, 0.05) is 44.1 Å². The molecule has 2 aliphatic carbocycles. The van der Waals surface area contributed by atoms with Crippen molar-refractivity contribution in [1.29, 1.82) is 0 Å². The first-order valence-corrected chi connectivity index (χ1v) is 23.5. The molecule has 2 aliphatic heterocycles. The van der Waals surface area contributed by atoms with Gasteiger partial charge in [0.2, 0.25) is 12.1 Å². The third-order valence-electron chi connectivity index (χ3n) is 13.6. The summed E-state index contributed by atoms with van der Waals surface area (Å²) < 4.78 is 32.2. The van der Waals surface area contributed by atoms with Gasteiger partial charge in [-0.3, -0.25) is 4.90 Å². The van der Waals surface area contributed by atoms with Crippen molar-refractivity contribution < 1.29 is 48.3 Å². The van der Waals surface area contributed by atoms with Crippen LogP contribution in [-0.2, 0) is 32.1 Å². The highest BCUT2D eigenvalue weighted by Crippen LogP contribution is 2.62. The minimum absolute atomic E-state index is 0.00775. The Hall–Kier alpha value is -5.73. The predicted molar refractivity (Wildman–Crippen MR) is 251 cm³/mol. The number of amides is 2. The SMILES string of the molecule is C=CCOC12Oc3ccc(OC(=O)NCc4ccccc4)cc3C3C(CCCCO)C(CCCCO)C=C(C(=NOC4CCCCO4)CC1N(Cc1cccc4ccccc14)C(=O)OC)C32. The van der Waals surface area contributed by atoms with Crippen molar-refractivity contribution >= 4 is 28.7 Å². The van der Waals surface area contributed by atoms with Crippen LogP contribution in [0.15, 0.2) is 120 Å². The number of oxime groups is 1. The van der Waals surface area contributed by atoms with Crippen LogP contribution in [-0.4, -0.2) is 84.7 Å². The van der Waals surface area contributed by atoms with Crippen LogP contribution >= 0.6 is 0 Å². The highest BCUT2D eigenvalue weighted by atomic mass is 16.8. The van der Waals surface area contributed by atoms with Crippen LogP contribution in [0.1, 0.15) is 86.8 Å². The summed E-state index contributed by atoms with van der Waals surface area (Å²) in [6.45, 7) is 5.33. The largest absolute Gasteiger partial charge is 0.459 e. The number of nitrogens with one attached hydrogen (secondary N) is 1. The van der Waals surface area contributed by atoms with Crippen LogP contribution < -0.4 is 14.8 Å². The molecule has 4 aromatic rings. The molecule has 2 heterocycles. The van der Waals surface area contributed by atoms with E-state index in [9.17, 15) is 19.8 Å². The zero-order chi connectivity index (χ0) is 45.9. The molecular weight excluding hydrogens is 839 g/mol. The summed E-state index contributed by atoms with van der Waals surface area (Å²) in [6.07, 6.45) is 9.41. The molecule has 350 valence electrons. The molecule has 0 spiro atoms. The van der Waals surface area contributed by atoms with E-state index in [1.165, 1.54) is 7.11 Å². The van der Waals surface area contributed by atoms with Gasteiger partial charge in [0.15, 0.2) is 0 Å². The Morgan fingerprint density at radius 1 is 0.955 bits per heavy atom. The Labute approximate surface area is 387 Å². The lowest BCUT2D eigenvalue weighted by Gasteiger charge is -2.59. The Balaban J connectivity index is 1.30. The van der Waals surface area contributed by atoms with Gasteiger partial charge < -0.3 is 44.1 Å². The fourth-order valence-corrected chi connectivity index (χ4v) is 10.6. The van der Waals surface area contributed by atoms with Gasteiger partial charge in [-0.25, -0.2) is 9.59 Å². The molecule has 13 nitrogen and oxygen atoms in total. The number of fused-ring (bicyclic) bond motifs is 3. The molecular formula is C53H63N3O10. The fraction of sp³-hybridized carbons (Fsp3) is 0.453. The number of aliphatic hydroxyl groups is 2. The quantitative estimate of drug-likeness (QED) is 0.0470. The average Bonchev–Trinajstić information content (AvgIpc) is 3.35. The minimum Gasteiger partial charge on any atom is -0.459 e. The van der Waals surface area contributed by atoms with Crippen LogP contribution in [0.2, 0.25) is 0 Å². The number of carbonyl (C=O) groups excluding carboxylic acids is 2. The first-order chi connectivity index (χ1) is 32.4. The molecule has 66 heavy (non-hydrogen) atoms. The van der Waals surface area contributed by atoms with Crippen LogP contribution in [0.5, 0.6) is 11.5 Å². The van der Waals surface area contributed by atoms with E-state index < -0.39 is 36.2 Å². The predicted octanol–water partition coefficient (Wildman–Crippen LogP) is 9.56. The normalized spacial score (nSPS) is 24.8. The standard InChI is InChI=1S/C53H63N3O10/c1-3-29-63-53-47(56(52(60)61-2)35-39-21-15-20-37-18-7-8-22-41(37)39)33-45(55-66-48-24-11-14-30-62-48)43-31-38(19-9-12-27-57)42(23-10-13-28-58)49(50(43)53)44-32-40(25-26-46(44)65-53)64-51(59)54-34-36-16-5-4-6-17-36/h3-8,15-18,20-22,25-26,31-32,38,42,47-50,57-58H,1,9-14,19,23-24,27-30,33-35H2,2H3,(H,54,59). The van der Waals surface area contributed by atoms with E-state index in [2.05, 4.69) is 36.2 Å². The number of allylic oxidation sites excluding steroid dienone is 1. The molecule has 4 aromatic carbocycles. The van der Waals surface area contributed by atoms with Gasteiger partial charge >= 0.3 is 12.2 Å². The van der Waals surface area contributed by atoms with E-state index >= 15 is 0 Å². The topological polar surface area (TPSA) is 158 Å². The zero-order valence-corrected chi connectivity index (χ0v) is 37.9. The highest BCUT2D eigenvalue weighted by molar-refractivity contribution is 6.03. The summed E-state index contributed by atoms with van der Waals surface area (Å²) in [5.41, 5.74) is 4.21. The Kier molecular flexibility index (Phi) is 15.7. The number of unbranched alkanes of at least 4 members (excludes halogenated alkanes) is 2. The Morgan fingerprint density at radius 3 is 2.52 bits per heavy atom. The van der Waals surface area contributed by atoms with Gasteiger partial charge in [0.1, 0.15) is 17.5 Å². The van der Waals surface area contributed by atoms with Gasteiger partial charge in [0.25, 0.3) is 0 Å². The van der Waals surface area contributed by atoms with Gasteiger partial charge in [-0.15, -0.1) is 6.58 Å². The zero-order valence-electron chi connectivity index (χ0n) is 37.9. The van der Waals surface area contributed by atoms with Crippen LogP contribution in [0, 0.1) is 17.8 Å². The lowest BCUT2D eigenvalue weighted by Crippen LogP contribution is -2.70. The third kappa shape index (κ3) is 10.3. The van der Waals surface area contributed by atoms with Crippen molar-refractivity contribution in [2.24, 2.45) is 22.9 Å². The monoisotopic (exact) mass is 901 g/mol. The van der Waals surface area contributed by atoms with Crippen LogP contribution in [0.3, 0.4) is 0 Å². The number of ether oxygens (including phenoxy) is 5. The lowest BCUT2D eigenvalue weighted by molar-refractivity contribution is -0.256. The first-order valence-electron chi connectivity index (χ1n) is 23.5.